The first-order valence-corrected chi connectivity index (χ1v) is 7.36. The number of amides is 1. The molecule has 1 amide bonds. The highest BCUT2D eigenvalue weighted by Gasteiger charge is 2.27. The lowest BCUT2D eigenvalue weighted by molar-refractivity contribution is -0.134. The van der Waals surface area contributed by atoms with Gasteiger partial charge in [-0.1, -0.05) is 24.3 Å². The number of nitrogens with one attached hydrogen (secondary N) is 1. The highest BCUT2D eigenvalue weighted by molar-refractivity contribution is 5.89. The highest BCUT2D eigenvalue weighted by Crippen LogP contribution is 2.27. The molecule has 0 bridgehead atoms. The van der Waals surface area contributed by atoms with E-state index in [1.165, 1.54) is 6.07 Å². The minimum atomic E-state index is -1.05. The summed E-state index contributed by atoms with van der Waals surface area (Å²) >= 11 is 0. The van der Waals surface area contributed by atoms with Crippen LogP contribution in [-0.4, -0.2) is 23.6 Å². The molecule has 0 fully saturated rings. The number of aromatic carboxylic acids is 1. The van der Waals surface area contributed by atoms with E-state index >= 15 is 0 Å². The molecule has 6 nitrogen and oxygen atoms in total. The number of ether oxygens (including phenoxy) is 1. The second kappa shape index (κ2) is 6.26. The number of carbonyl (C=O) groups excluding carboxylic acids is 1. The Kier molecular flexibility index (Phi) is 4.16. The predicted molar refractivity (Wildman–Crippen MR) is 81.1 cm³/mol. The summed E-state index contributed by atoms with van der Waals surface area (Å²) in [7, 11) is 0. The number of carbonyl (C=O) groups is 2. The van der Waals surface area contributed by atoms with E-state index in [9.17, 15) is 9.59 Å². The Balaban J connectivity index is 1.69. The fraction of sp³-hybridized carbons (Fsp3) is 0.294. The first kappa shape index (κ1) is 15.3. The summed E-state index contributed by atoms with van der Waals surface area (Å²) in [6.07, 6.45) is 0.147. The van der Waals surface area contributed by atoms with E-state index in [1.54, 1.807) is 6.92 Å². The number of aryl methyl sites for hydroxylation is 1. The monoisotopic (exact) mass is 315 g/mol. The molecule has 120 valence electrons. The Labute approximate surface area is 133 Å². The molecule has 0 radical (unpaired) electrons. The molecule has 1 aromatic heterocycles. The first-order valence-electron chi connectivity index (χ1n) is 7.36. The van der Waals surface area contributed by atoms with Crippen molar-refractivity contribution in [2.45, 2.75) is 26.0 Å². The largest absolute Gasteiger partial charge is 0.478 e. The molecule has 0 spiro atoms. The van der Waals surface area contributed by atoms with Crippen LogP contribution in [0.2, 0.25) is 0 Å². The summed E-state index contributed by atoms with van der Waals surface area (Å²) in [6.45, 7) is 2.20. The molecule has 1 aliphatic rings. The molecule has 1 aromatic carbocycles. The lowest BCUT2D eigenvalue weighted by Gasteiger charge is -2.25. The summed E-state index contributed by atoms with van der Waals surface area (Å²) in [6, 6.07) is 9.13. The van der Waals surface area contributed by atoms with E-state index in [4.69, 9.17) is 14.3 Å². The van der Waals surface area contributed by atoms with Gasteiger partial charge in [0.25, 0.3) is 5.91 Å². The van der Waals surface area contributed by atoms with Gasteiger partial charge >= 0.3 is 5.97 Å². The second-order valence-electron chi connectivity index (χ2n) is 5.41. The molecule has 0 saturated carbocycles. The van der Waals surface area contributed by atoms with Crippen LogP contribution < -0.4 is 5.32 Å². The van der Waals surface area contributed by atoms with Crippen LogP contribution in [0.3, 0.4) is 0 Å². The maximum atomic E-state index is 12.4. The standard InChI is InChI=1S/C17H17NO5/c1-10-14(17(20)21)8-12(23-10)9-18-16(19)15-13-5-3-2-4-11(13)6-7-22-15/h2-5,8,15H,6-7,9H2,1H3,(H,18,19)(H,20,21)/t15-/m0/s1. The maximum absolute atomic E-state index is 12.4. The maximum Gasteiger partial charge on any atom is 0.339 e. The van der Waals surface area contributed by atoms with Crippen molar-refractivity contribution in [3.05, 3.63) is 58.5 Å². The molecule has 0 aliphatic carbocycles. The zero-order chi connectivity index (χ0) is 16.4. The number of benzene rings is 1. The number of rotatable bonds is 4. The van der Waals surface area contributed by atoms with Crippen molar-refractivity contribution in [1.82, 2.24) is 5.32 Å². The number of fused-ring (bicyclic) bond motifs is 1. The topological polar surface area (TPSA) is 88.8 Å². The molecule has 1 atom stereocenters. The van der Waals surface area contributed by atoms with E-state index in [2.05, 4.69) is 5.32 Å². The summed E-state index contributed by atoms with van der Waals surface area (Å²) in [5, 5.41) is 11.7. The van der Waals surface area contributed by atoms with Crippen LogP contribution in [0.5, 0.6) is 0 Å². The summed E-state index contributed by atoms with van der Waals surface area (Å²) < 4.78 is 10.9. The van der Waals surface area contributed by atoms with Gasteiger partial charge in [-0.2, -0.15) is 0 Å². The van der Waals surface area contributed by atoms with Gasteiger partial charge in [-0.05, 0) is 30.5 Å². The minimum Gasteiger partial charge on any atom is -0.478 e. The van der Waals surface area contributed by atoms with Gasteiger partial charge in [0.05, 0.1) is 13.2 Å². The second-order valence-corrected chi connectivity index (χ2v) is 5.41. The highest BCUT2D eigenvalue weighted by atomic mass is 16.5. The SMILES string of the molecule is Cc1oc(CNC(=O)[C@H]2OCCc3ccccc32)cc1C(=O)O. The van der Waals surface area contributed by atoms with Crippen LogP contribution in [-0.2, 0) is 22.5 Å². The van der Waals surface area contributed by atoms with Gasteiger partial charge in [0.15, 0.2) is 6.10 Å². The quantitative estimate of drug-likeness (QED) is 0.903. The number of carboxylic acid groups (broad SMARTS) is 1. The Hall–Kier alpha value is -2.60. The lowest BCUT2D eigenvalue weighted by Crippen LogP contribution is -2.33. The fourth-order valence-corrected chi connectivity index (χ4v) is 2.72. The van der Waals surface area contributed by atoms with Gasteiger partial charge in [0.2, 0.25) is 0 Å². The molecule has 1 aliphatic heterocycles. The molecule has 3 rings (SSSR count). The molecular formula is C17H17NO5. The van der Waals surface area contributed by atoms with Crippen molar-refractivity contribution in [3.8, 4) is 0 Å². The van der Waals surface area contributed by atoms with Crippen molar-refractivity contribution < 1.29 is 23.8 Å². The zero-order valence-corrected chi connectivity index (χ0v) is 12.7. The molecule has 0 unspecified atom stereocenters. The minimum absolute atomic E-state index is 0.105. The van der Waals surface area contributed by atoms with Gasteiger partial charge in [0, 0.05) is 0 Å². The van der Waals surface area contributed by atoms with Crippen LogP contribution in [0.1, 0.15) is 39.1 Å². The van der Waals surface area contributed by atoms with Gasteiger partial charge in [0.1, 0.15) is 17.1 Å². The Morgan fingerprint density at radius 1 is 1.35 bits per heavy atom. The molecular weight excluding hydrogens is 298 g/mol. The number of furan rings is 1. The smallest absolute Gasteiger partial charge is 0.339 e. The van der Waals surface area contributed by atoms with E-state index in [0.29, 0.717) is 18.1 Å². The molecule has 2 aromatic rings. The number of hydrogen-bond acceptors (Lipinski definition) is 4. The molecule has 23 heavy (non-hydrogen) atoms. The van der Waals surface area contributed by atoms with Crippen molar-refractivity contribution in [1.29, 1.82) is 0 Å². The molecule has 0 saturated heterocycles. The van der Waals surface area contributed by atoms with Crippen LogP contribution in [0.4, 0.5) is 0 Å². The summed E-state index contributed by atoms with van der Waals surface area (Å²) in [5.74, 6) is -0.588. The van der Waals surface area contributed by atoms with E-state index < -0.39 is 12.1 Å². The normalized spacial score (nSPS) is 16.7. The van der Waals surface area contributed by atoms with Crippen LogP contribution in [0.15, 0.2) is 34.7 Å². The van der Waals surface area contributed by atoms with Gasteiger partial charge in [-0.25, -0.2) is 4.79 Å². The van der Waals surface area contributed by atoms with E-state index in [-0.39, 0.29) is 18.0 Å². The van der Waals surface area contributed by atoms with E-state index in [1.807, 2.05) is 24.3 Å². The average molecular weight is 315 g/mol. The van der Waals surface area contributed by atoms with Crippen molar-refractivity contribution in [2.24, 2.45) is 0 Å². The van der Waals surface area contributed by atoms with Crippen LogP contribution in [0, 0.1) is 6.92 Å². The Morgan fingerprint density at radius 2 is 2.13 bits per heavy atom. The first-order chi connectivity index (χ1) is 11.1. The fourth-order valence-electron chi connectivity index (χ4n) is 2.72. The van der Waals surface area contributed by atoms with Gasteiger partial charge < -0.3 is 19.6 Å². The van der Waals surface area contributed by atoms with Crippen LogP contribution >= 0.6 is 0 Å². The van der Waals surface area contributed by atoms with Crippen molar-refractivity contribution >= 4 is 11.9 Å². The van der Waals surface area contributed by atoms with Crippen molar-refractivity contribution in [2.75, 3.05) is 6.61 Å². The van der Waals surface area contributed by atoms with Gasteiger partial charge in [-0.3, -0.25) is 4.79 Å². The van der Waals surface area contributed by atoms with E-state index in [0.717, 1.165) is 17.5 Å². The summed E-state index contributed by atoms with van der Waals surface area (Å²) in [5.41, 5.74) is 2.09. The van der Waals surface area contributed by atoms with Crippen molar-refractivity contribution in [3.63, 3.8) is 0 Å². The average Bonchev–Trinajstić information content (AvgIpc) is 2.93. The Morgan fingerprint density at radius 3 is 2.87 bits per heavy atom. The molecule has 2 N–H and O–H groups in total. The number of carboxylic acids is 1. The zero-order valence-electron chi connectivity index (χ0n) is 12.7. The third-order valence-electron chi connectivity index (χ3n) is 3.87. The predicted octanol–water partition coefficient (Wildman–Crippen LogP) is 2.22. The van der Waals surface area contributed by atoms with Crippen LogP contribution in [0.25, 0.3) is 0 Å². The number of hydrogen-bond donors (Lipinski definition) is 2. The van der Waals surface area contributed by atoms with Gasteiger partial charge in [-0.15, -0.1) is 0 Å². The molecule has 6 heteroatoms. The summed E-state index contributed by atoms with van der Waals surface area (Å²) in [4.78, 5) is 23.4. The Bertz CT molecular complexity index is 749. The molecule has 2 heterocycles. The lowest BCUT2D eigenvalue weighted by atomic mass is 9.97. The third-order valence-corrected chi connectivity index (χ3v) is 3.87. The third kappa shape index (κ3) is 3.12.